The van der Waals surface area contributed by atoms with Gasteiger partial charge in [0.15, 0.2) is 13.2 Å². The largest absolute Gasteiger partial charge is 0.482 e. The molecule has 1 aromatic rings. The van der Waals surface area contributed by atoms with E-state index < -0.39 is 5.97 Å². The summed E-state index contributed by atoms with van der Waals surface area (Å²) >= 11 is 0. The molecule has 0 radical (unpaired) electrons. The molecule has 5 heteroatoms. The number of ether oxygens (including phenoxy) is 2. The van der Waals surface area contributed by atoms with Gasteiger partial charge in [0.25, 0.3) is 5.91 Å². The van der Waals surface area contributed by atoms with Crippen LogP contribution >= 0.6 is 0 Å². The minimum absolute atomic E-state index is 0.195. The van der Waals surface area contributed by atoms with Crippen LogP contribution in [0.4, 0.5) is 0 Å². The van der Waals surface area contributed by atoms with Crippen molar-refractivity contribution in [1.82, 2.24) is 5.32 Å². The van der Waals surface area contributed by atoms with Crippen LogP contribution in [-0.4, -0.2) is 31.1 Å². The topological polar surface area (TPSA) is 64.6 Å². The summed E-state index contributed by atoms with van der Waals surface area (Å²) in [6.45, 7) is 1.70. The van der Waals surface area contributed by atoms with Crippen molar-refractivity contribution in [2.75, 3.05) is 13.2 Å². The van der Waals surface area contributed by atoms with E-state index in [1.54, 1.807) is 12.1 Å². The molecule has 0 unspecified atom stereocenters. The van der Waals surface area contributed by atoms with Crippen LogP contribution in [-0.2, 0) is 14.3 Å². The Labute approximate surface area is 131 Å². The molecule has 1 saturated carbocycles. The van der Waals surface area contributed by atoms with Gasteiger partial charge in [-0.25, -0.2) is 4.79 Å². The molecule has 2 atom stereocenters. The maximum absolute atomic E-state index is 11.8. The molecule has 0 spiro atoms. The van der Waals surface area contributed by atoms with E-state index in [1.807, 2.05) is 18.2 Å². The maximum atomic E-state index is 11.8. The molecule has 1 N–H and O–H groups in total. The smallest absolute Gasteiger partial charge is 0.344 e. The van der Waals surface area contributed by atoms with Crippen LogP contribution in [0, 0.1) is 5.92 Å². The van der Waals surface area contributed by atoms with Crippen LogP contribution in [0.2, 0.25) is 0 Å². The zero-order valence-electron chi connectivity index (χ0n) is 12.9. The maximum Gasteiger partial charge on any atom is 0.344 e. The Kier molecular flexibility index (Phi) is 6.25. The average molecular weight is 305 g/mol. The Morgan fingerprint density at radius 3 is 2.59 bits per heavy atom. The van der Waals surface area contributed by atoms with E-state index in [4.69, 9.17) is 9.47 Å². The minimum Gasteiger partial charge on any atom is -0.482 e. The Hall–Kier alpha value is -2.04. The Morgan fingerprint density at radius 2 is 1.86 bits per heavy atom. The fraction of sp³-hybridized carbons (Fsp3) is 0.529. The van der Waals surface area contributed by atoms with Crippen molar-refractivity contribution in [3.63, 3.8) is 0 Å². The van der Waals surface area contributed by atoms with E-state index >= 15 is 0 Å². The van der Waals surface area contributed by atoms with Gasteiger partial charge in [0.05, 0.1) is 0 Å². The second kappa shape index (κ2) is 8.41. The molecule has 1 fully saturated rings. The van der Waals surface area contributed by atoms with E-state index in [9.17, 15) is 9.59 Å². The van der Waals surface area contributed by atoms with Crippen molar-refractivity contribution in [3.8, 4) is 5.75 Å². The lowest BCUT2D eigenvalue weighted by molar-refractivity contribution is -0.150. The van der Waals surface area contributed by atoms with Crippen LogP contribution in [0.5, 0.6) is 5.75 Å². The first-order valence-corrected chi connectivity index (χ1v) is 7.78. The fourth-order valence-electron chi connectivity index (χ4n) is 2.63. The van der Waals surface area contributed by atoms with Gasteiger partial charge < -0.3 is 14.8 Å². The average Bonchev–Trinajstić information content (AvgIpc) is 2.54. The van der Waals surface area contributed by atoms with Gasteiger partial charge in [-0.15, -0.1) is 0 Å². The third-order valence-corrected chi connectivity index (χ3v) is 3.92. The lowest BCUT2D eigenvalue weighted by Crippen LogP contribution is -2.43. The predicted octanol–water partition coefficient (Wildman–Crippen LogP) is 2.30. The van der Waals surface area contributed by atoms with Crippen LogP contribution in [0.25, 0.3) is 0 Å². The molecule has 1 aliphatic rings. The van der Waals surface area contributed by atoms with Crippen LogP contribution < -0.4 is 10.1 Å². The summed E-state index contributed by atoms with van der Waals surface area (Å²) in [5, 5.41) is 2.94. The van der Waals surface area contributed by atoms with E-state index in [0.29, 0.717) is 11.7 Å². The molecule has 0 heterocycles. The van der Waals surface area contributed by atoms with Crippen LogP contribution in [0.15, 0.2) is 30.3 Å². The van der Waals surface area contributed by atoms with Gasteiger partial charge in [-0.05, 0) is 30.9 Å². The monoisotopic (exact) mass is 305 g/mol. The van der Waals surface area contributed by atoms with E-state index in [2.05, 4.69) is 12.2 Å². The first-order valence-electron chi connectivity index (χ1n) is 7.78. The predicted molar refractivity (Wildman–Crippen MR) is 82.5 cm³/mol. The van der Waals surface area contributed by atoms with Gasteiger partial charge in [-0.2, -0.15) is 0 Å². The zero-order chi connectivity index (χ0) is 15.8. The summed E-state index contributed by atoms with van der Waals surface area (Å²) in [6, 6.07) is 9.20. The van der Waals surface area contributed by atoms with Gasteiger partial charge in [0.2, 0.25) is 0 Å². The molecule has 0 aromatic heterocycles. The fourth-order valence-corrected chi connectivity index (χ4v) is 2.63. The van der Waals surface area contributed by atoms with Crippen molar-refractivity contribution >= 4 is 11.9 Å². The minimum atomic E-state index is -0.546. The summed E-state index contributed by atoms with van der Waals surface area (Å²) in [7, 11) is 0. The SMILES string of the molecule is C[C@@H]1CCCC[C@@H]1NC(=O)COC(=O)COc1ccccc1. The van der Waals surface area contributed by atoms with Crippen molar-refractivity contribution in [3.05, 3.63) is 30.3 Å². The van der Waals surface area contributed by atoms with Gasteiger partial charge in [-0.1, -0.05) is 38.0 Å². The molecule has 1 amide bonds. The standard InChI is InChI=1S/C17H23NO4/c1-13-7-5-6-10-15(13)18-16(19)11-22-17(20)12-21-14-8-3-2-4-9-14/h2-4,8-9,13,15H,5-7,10-12H2,1H3,(H,18,19)/t13-,15+/m1/s1. The summed E-state index contributed by atoms with van der Waals surface area (Å²) in [5.74, 6) is 0.289. The molecular weight excluding hydrogens is 282 g/mol. The van der Waals surface area contributed by atoms with E-state index in [-0.39, 0.29) is 25.2 Å². The number of carbonyl (C=O) groups excluding carboxylic acids is 2. The summed E-state index contributed by atoms with van der Waals surface area (Å²) in [4.78, 5) is 23.4. The first-order chi connectivity index (χ1) is 10.6. The lowest BCUT2D eigenvalue weighted by atomic mass is 9.86. The highest BCUT2D eigenvalue weighted by Gasteiger charge is 2.23. The molecule has 2 rings (SSSR count). The number of carbonyl (C=O) groups is 2. The molecule has 1 aromatic carbocycles. The Morgan fingerprint density at radius 1 is 1.14 bits per heavy atom. The van der Waals surface area contributed by atoms with Gasteiger partial charge in [0.1, 0.15) is 5.75 Å². The van der Waals surface area contributed by atoms with E-state index in [1.165, 1.54) is 6.42 Å². The summed E-state index contributed by atoms with van der Waals surface area (Å²) < 4.78 is 10.2. The number of hydrogen-bond acceptors (Lipinski definition) is 4. The van der Waals surface area contributed by atoms with Crippen molar-refractivity contribution in [2.24, 2.45) is 5.92 Å². The highest BCUT2D eigenvalue weighted by molar-refractivity contribution is 5.81. The van der Waals surface area contributed by atoms with E-state index in [0.717, 1.165) is 19.3 Å². The van der Waals surface area contributed by atoms with Gasteiger partial charge >= 0.3 is 5.97 Å². The number of para-hydroxylation sites is 1. The highest BCUT2D eigenvalue weighted by atomic mass is 16.6. The summed E-state index contributed by atoms with van der Waals surface area (Å²) in [5.41, 5.74) is 0. The molecule has 0 aliphatic heterocycles. The number of benzene rings is 1. The quantitative estimate of drug-likeness (QED) is 0.819. The number of hydrogen-bond donors (Lipinski definition) is 1. The Balaban J connectivity index is 1.64. The molecule has 1 aliphatic carbocycles. The molecule has 0 saturated heterocycles. The van der Waals surface area contributed by atoms with Gasteiger partial charge in [0, 0.05) is 6.04 Å². The number of amides is 1. The molecule has 22 heavy (non-hydrogen) atoms. The number of esters is 1. The zero-order valence-corrected chi connectivity index (χ0v) is 12.9. The second-order valence-corrected chi connectivity index (χ2v) is 5.70. The van der Waals surface area contributed by atoms with Crippen LogP contribution in [0.3, 0.4) is 0 Å². The molecule has 0 bridgehead atoms. The second-order valence-electron chi connectivity index (χ2n) is 5.70. The number of rotatable bonds is 6. The third kappa shape index (κ3) is 5.39. The van der Waals surface area contributed by atoms with Crippen molar-refractivity contribution in [2.45, 2.75) is 38.6 Å². The Bertz CT molecular complexity index is 489. The van der Waals surface area contributed by atoms with Crippen molar-refractivity contribution in [1.29, 1.82) is 0 Å². The van der Waals surface area contributed by atoms with Crippen molar-refractivity contribution < 1.29 is 19.1 Å². The number of nitrogens with one attached hydrogen (secondary N) is 1. The van der Waals surface area contributed by atoms with Crippen LogP contribution in [0.1, 0.15) is 32.6 Å². The molecule has 120 valence electrons. The molecular formula is C17H23NO4. The normalized spacial score (nSPS) is 21.0. The highest BCUT2D eigenvalue weighted by Crippen LogP contribution is 2.23. The first kappa shape index (κ1) is 16.3. The summed E-state index contributed by atoms with van der Waals surface area (Å²) in [6.07, 6.45) is 4.49. The van der Waals surface area contributed by atoms with Gasteiger partial charge in [-0.3, -0.25) is 4.79 Å². The molecule has 5 nitrogen and oxygen atoms in total. The lowest BCUT2D eigenvalue weighted by Gasteiger charge is -2.29. The third-order valence-electron chi connectivity index (χ3n) is 3.92.